The second kappa shape index (κ2) is 8.89. The summed E-state index contributed by atoms with van der Waals surface area (Å²) in [6.07, 6.45) is -0.765. The summed E-state index contributed by atoms with van der Waals surface area (Å²) in [4.78, 5) is 43.1. The van der Waals surface area contributed by atoms with Gasteiger partial charge in [0.05, 0.1) is 26.1 Å². The third-order valence-corrected chi connectivity index (χ3v) is 2.54. The smallest absolute Gasteiger partial charge is 0.303 e. The lowest BCUT2D eigenvalue weighted by Gasteiger charge is -2.23. The molecule has 0 heterocycles. The van der Waals surface area contributed by atoms with Gasteiger partial charge in [0, 0.05) is 25.7 Å². The van der Waals surface area contributed by atoms with Crippen LogP contribution in [0.15, 0.2) is 0 Å². The van der Waals surface area contributed by atoms with Crippen molar-refractivity contribution in [1.29, 1.82) is 0 Å². The third kappa shape index (κ3) is 8.90. The van der Waals surface area contributed by atoms with Crippen LogP contribution in [0.5, 0.6) is 0 Å². The van der Waals surface area contributed by atoms with E-state index in [9.17, 15) is 19.2 Å². The number of carbonyl (C=O) groups is 4. The molecule has 0 aromatic heterocycles. The Balaban J connectivity index is 4.83. The summed E-state index contributed by atoms with van der Waals surface area (Å²) >= 11 is 0. The molecule has 0 aromatic rings. The Morgan fingerprint density at radius 2 is 1.10 bits per heavy atom. The van der Waals surface area contributed by atoms with E-state index in [0.717, 1.165) is 13.8 Å². The van der Waals surface area contributed by atoms with Crippen molar-refractivity contribution in [3.8, 4) is 0 Å². The lowest BCUT2D eigenvalue weighted by Crippen LogP contribution is -2.30. The van der Waals surface area contributed by atoms with Crippen LogP contribution in [-0.4, -0.2) is 47.3 Å². The minimum atomic E-state index is -1.15. The molecular weight excluding hydrogens is 272 g/mol. The van der Waals surface area contributed by atoms with Crippen molar-refractivity contribution in [3.05, 3.63) is 0 Å². The Labute approximate surface area is 115 Å². The molecule has 0 spiro atoms. The van der Waals surface area contributed by atoms with E-state index in [0.29, 0.717) is 0 Å². The number of hydrogen-bond donors (Lipinski definition) is 2. The molecule has 0 aromatic carbocycles. The predicted molar refractivity (Wildman–Crippen MR) is 64.8 cm³/mol. The molecule has 20 heavy (non-hydrogen) atoms. The Morgan fingerprint density at radius 1 is 0.800 bits per heavy atom. The van der Waals surface area contributed by atoms with Crippen LogP contribution in [0.1, 0.15) is 26.7 Å². The molecule has 0 bridgehead atoms. The summed E-state index contributed by atoms with van der Waals surface area (Å²) in [7, 11) is 0. The van der Waals surface area contributed by atoms with Crippen LogP contribution < -0.4 is 0 Å². The fraction of sp³-hybridized carbons (Fsp3) is 0.667. The van der Waals surface area contributed by atoms with E-state index in [1.54, 1.807) is 0 Å². The van der Waals surface area contributed by atoms with E-state index in [2.05, 4.69) is 0 Å². The number of esters is 2. The Kier molecular flexibility index (Phi) is 7.95. The predicted octanol–water partition coefficient (Wildman–Crippen LogP) is 0.294. The first kappa shape index (κ1) is 17.9. The summed E-state index contributed by atoms with van der Waals surface area (Å²) in [6.45, 7) is 1.86. The first-order valence-electron chi connectivity index (χ1n) is 5.92. The largest absolute Gasteiger partial charge is 0.481 e. The van der Waals surface area contributed by atoms with Gasteiger partial charge in [-0.25, -0.2) is 0 Å². The van der Waals surface area contributed by atoms with Gasteiger partial charge in [0.1, 0.15) is 0 Å². The maximum absolute atomic E-state index is 10.8. The number of carboxylic acids is 2. The van der Waals surface area contributed by atoms with Gasteiger partial charge in [0.25, 0.3) is 0 Å². The minimum Gasteiger partial charge on any atom is -0.481 e. The molecule has 0 amide bonds. The highest BCUT2D eigenvalue weighted by Crippen LogP contribution is 2.21. The zero-order valence-corrected chi connectivity index (χ0v) is 11.3. The van der Waals surface area contributed by atoms with Gasteiger partial charge in [-0.05, 0) is 0 Å². The third-order valence-electron chi connectivity index (χ3n) is 2.54. The normalized spacial score (nSPS) is 13.1. The summed E-state index contributed by atoms with van der Waals surface area (Å²) in [6, 6.07) is 0. The maximum Gasteiger partial charge on any atom is 0.303 e. The summed E-state index contributed by atoms with van der Waals surface area (Å²) in [5, 5.41) is 17.6. The number of hydrogen-bond acceptors (Lipinski definition) is 6. The molecule has 0 unspecified atom stereocenters. The van der Waals surface area contributed by atoms with Crippen molar-refractivity contribution in [1.82, 2.24) is 0 Å². The molecule has 0 saturated carbocycles. The van der Waals surface area contributed by atoms with Crippen LogP contribution in [0.4, 0.5) is 0 Å². The molecule has 0 rings (SSSR count). The molecule has 0 aliphatic carbocycles. The Hall–Kier alpha value is -2.12. The van der Waals surface area contributed by atoms with E-state index in [-0.39, 0.29) is 26.1 Å². The molecule has 0 radical (unpaired) electrons. The van der Waals surface area contributed by atoms with Gasteiger partial charge in [-0.15, -0.1) is 0 Å². The van der Waals surface area contributed by atoms with Gasteiger partial charge in [0.2, 0.25) is 0 Å². The number of carboxylic acid groups (broad SMARTS) is 2. The van der Waals surface area contributed by atoms with Gasteiger partial charge >= 0.3 is 23.9 Å². The highest BCUT2D eigenvalue weighted by atomic mass is 16.5. The second-order valence-electron chi connectivity index (χ2n) is 4.32. The number of carbonyl (C=O) groups excluding carboxylic acids is 2. The zero-order valence-electron chi connectivity index (χ0n) is 11.3. The van der Waals surface area contributed by atoms with Crippen molar-refractivity contribution >= 4 is 23.9 Å². The lowest BCUT2D eigenvalue weighted by molar-refractivity contribution is -0.152. The van der Waals surface area contributed by atoms with E-state index in [4.69, 9.17) is 19.7 Å². The van der Waals surface area contributed by atoms with E-state index in [1.165, 1.54) is 0 Å². The van der Waals surface area contributed by atoms with E-state index in [1.807, 2.05) is 0 Å². The molecule has 8 heteroatoms. The fourth-order valence-electron chi connectivity index (χ4n) is 1.62. The molecule has 0 aliphatic heterocycles. The molecule has 2 atom stereocenters. The molecule has 0 aliphatic rings. The van der Waals surface area contributed by atoms with Crippen molar-refractivity contribution in [2.75, 3.05) is 13.2 Å². The van der Waals surface area contributed by atoms with Crippen LogP contribution in [0, 0.1) is 11.8 Å². The molecule has 0 saturated heterocycles. The van der Waals surface area contributed by atoms with Crippen LogP contribution in [0.3, 0.4) is 0 Å². The van der Waals surface area contributed by atoms with Crippen LogP contribution in [0.2, 0.25) is 0 Å². The first-order valence-corrected chi connectivity index (χ1v) is 5.92. The Morgan fingerprint density at radius 3 is 1.30 bits per heavy atom. The standard InChI is InChI=1S/C12H18O8/c1-7(13)19-5-9(3-11(15)16)10(4-12(17)18)6-20-8(2)14/h9-10H,3-6H2,1-2H3,(H,15,16)(H,17,18)/t9-,10+. The van der Waals surface area contributed by atoms with Crippen LogP contribution in [-0.2, 0) is 28.7 Å². The molecule has 0 fully saturated rings. The monoisotopic (exact) mass is 290 g/mol. The van der Waals surface area contributed by atoms with Crippen molar-refractivity contribution in [2.24, 2.45) is 11.8 Å². The number of rotatable bonds is 9. The summed E-state index contributed by atoms with van der Waals surface area (Å²) in [5.74, 6) is -4.98. The van der Waals surface area contributed by atoms with E-state index >= 15 is 0 Å². The molecule has 2 N–H and O–H groups in total. The number of aliphatic carboxylic acids is 2. The minimum absolute atomic E-state index is 0.235. The molecule has 114 valence electrons. The molecule has 8 nitrogen and oxygen atoms in total. The second-order valence-corrected chi connectivity index (χ2v) is 4.32. The SMILES string of the molecule is CC(=O)OC[C@H](CC(=O)O)[C@@H](COC(C)=O)CC(=O)O. The van der Waals surface area contributed by atoms with Gasteiger partial charge in [-0.1, -0.05) is 0 Å². The van der Waals surface area contributed by atoms with Crippen LogP contribution >= 0.6 is 0 Å². The van der Waals surface area contributed by atoms with Gasteiger partial charge < -0.3 is 19.7 Å². The van der Waals surface area contributed by atoms with Gasteiger partial charge in [0.15, 0.2) is 0 Å². The van der Waals surface area contributed by atoms with Gasteiger partial charge in [-0.3, -0.25) is 19.2 Å². The quantitative estimate of drug-likeness (QED) is 0.580. The van der Waals surface area contributed by atoms with Gasteiger partial charge in [-0.2, -0.15) is 0 Å². The average molecular weight is 290 g/mol. The van der Waals surface area contributed by atoms with Crippen molar-refractivity contribution in [2.45, 2.75) is 26.7 Å². The summed E-state index contributed by atoms with van der Waals surface area (Å²) < 4.78 is 9.48. The highest BCUT2D eigenvalue weighted by Gasteiger charge is 2.28. The summed E-state index contributed by atoms with van der Waals surface area (Å²) in [5.41, 5.74) is 0. The Bertz CT molecular complexity index is 340. The topological polar surface area (TPSA) is 127 Å². The fourth-order valence-corrected chi connectivity index (χ4v) is 1.62. The molecular formula is C12H18O8. The zero-order chi connectivity index (χ0) is 15.7. The first-order chi connectivity index (χ1) is 9.22. The average Bonchev–Trinajstić information content (AvgIpc) is 2.28. The van der Waals surface area contributed by atoms with Crippen LogP contribution in [0.25, 0.3) is 0 Å². The van der Waals surface area contributed by atoms with E-state index < -0.39 is 35.7 Å². The van der Waals surface area contributed by atoms with Crippen molar-refractivity contribution < 1.29 is 38.9 Å². The lowest BCUT2D eigenvalue weighted by atomic mass is 9.88. The highest BCUT2D eigenvalue weighted by molar-refractivity contribution is 5.69. The number of ether oxygens (including phenoxy) is 2. The van der Waals surface area contributed by atoms with Crippen molar-refractivity contribution in [3.63, 3.8) is 0 Å². The maximum atomic E-state index is 10.8.